The van der Waals surface area contributed by atoms with Crippen molar-refractivity contribution in [3.05, 3.63) is 23.8 Å². The molecule has 0 radical (unpaired) electrons. The lowest BCUT2D eigenvalue weighted by molar-refractivity contribution is -0.122. The summed E-state index contributed by atoms with van der Waals surface area (Å²) in [4.78, 5) is 14.9. The predicted octanol–water partition coefficient (Wildman–Crippen LogP) is 2.55. The van der Waals surface area contributed by atoms with Gasteiger partial charge in [0.15, 0.2) is 11.5 Å². The van der Waals surface area contributed by atoms with Gasteiger partial charge >= 0.3 is 0 Å². The average Bonchev–Trinajstić information content (AvgIpc) is 3.13. The number of nitrogens with zero attached hydrogens (tertiary/aromatic N) is 1. The first-order valence-corrected chi connectivity index (χ1v) is 10.2. The number of hydrogen-bond acceptors (Lipinski definition) is 6. The Labute approximate surface area is 191 Å². The van der Waals surface area contributed by atoms with Gasteiger partial charge in [0.1, 0.15) is 0 Å². The van der Waals surface area contributed by atoms with Gasteiger partial charge in [0.05, 0.1) is 33.5 Å². The lowest BCUT2D eigenvalue weighted by Crippen LogP contribution is -2.44. The van der Waals surface area contributed by atoms with Crippen molar-refractivity contribution in [2.24, 2.45) is 11.7 Å². The van der Waals surface area contributed by atoms with E-state index in [-0.39, 0.29) is 42.8 Å². The lowest BCUT2D eigenvalue weighted by atomic mass is 9.99. The van der Waals surface area contributed by atoms with Crippen molar-refractivity contribution in [1.82, 2.24) is 10.2 Å². The molecule has 172 valence electrons. The van der Waals surface area contributed by atoms with Crippen LogP contribution in [0, 0.1) is 5.92 Å². The number of methoxy groups -OCH3 is 2. The van der Waals surface area contributed by atoms with Crippen molar-refractivity contribution in [1.29, 1.82) is 0 Å². The van der Waals surface area contributed by atoms with Crippen LogP contribution in [-0.4, -0.2) is 63.9 Å². The Morgan fingerprint density at radius 1 is 1.20 bits per heavy atom. The van der Waals surface area contributed by atoms with Crippen molar-refractivity contribution in [3.63, 3.8) is 0 Å². The fourth-order valence-corrected chi connectivity index (χ4v) is 4.25. The van der Waals surface area contributed by atoms with Crippen LogP contribution in [0.2, 0.25) is 0 Å². The van der Waals surface area contributed by atoms with Crippen molar-refractivity contribution < 1.29 is 19.0 Å². The van der Waals surface area contributed by atoms with Crippen LogP contribution in [0.4, 0.5) is 0 Å². The number of carbonyl (C=O) groups is 1. The first-order chi connectivity index (χ1) is 13.6. The van der Waals surface area contributed by atoms with Crippen LogP contribution < -0.4 is 20.5 Å². The average molecular weight is 464 g/mol. The minimum Gasteiger partial charge on any atom is -0.493 e. The smallest absolute Gasteiger partial charge is 0.220 e. The number of nitrogens with one attached hydrogen (secondary N) is 1. The number of nitrogens with two attached hydrogens (primary N) is 1. The molecular weight excluding hydrogens is 429 g/mol. The number of amides is 1. The molecule has 3 atom stereocenters. The molecule has 0 bridgehead atoms. The van der Waals surface area contributed by atoms with Crippen LogP contribution in [0.5, 0.6) is 11.5 Å². The van der Waals surface area contributed by atoms with E-state index < -0.39 is 0 Å². The molecule has 30 heavy (non-hydrogen) atoms. The minimum absolute atomic E-state index is 0. The minimum atomic E-state index is 0. The van der Waals surface area contributed by atoms with E-state index in [4.69, 9.17) is 19.9 Å². The standard InChI is InChI=1S/C21H33N3O4.2ClH/c1-26-19-7-6-16(12-20(19)27-2)18(24-8-10-28-11-9-24)14-23-21(25)13-15-4-3-5-17(15)22;;/h6-7,12,15,17-18H,3-5,8-11,13-14,22H2,1-2H3,(H,23,25);2*1H/t15-,17+,18?;;/m0../s1. The molecule has 9 heteroatoms. The van der Waals surface area contributed by atoms with Crippen molar-refractivity contribution >= 4 is 30.7 Å². The molecule has 1 aliphatic carbocycles. The molecule has 0 spiro atoms. The van der Waals surface area contributed by atoms with Gasteiger partial charge in [-0.2, -0.15) is 0 Å². The number of hydrogen-bond donors (Lipinski definition) is 2. The largest absolute Gasteiger partial charge is 0.493 e. The summed E-state index contributed by atoms with van der Waals surface area (Å²) in [7, 11) is 3.27. The lowest BCUT2D eigenvalue weighted by Gasteiger charge is -2.35. The van der Waals surface area contributed by atoms with Crippen LogP contribution in [0.25, 0.3) is 0 Å². The first-order valence-electron chi connectivity index (χ1n) is 10.2. The molecule has 1 saturated heterocycles. The van der Waals surface area contributed by atoms with Gasteiger partial charge in [-0.15, -0.1) is 24.8 Å². The zero-order valence-electron chi connectivity index (χ0n) is 17.8. The van der Waals surface area contributed by atoms with Crippen LogP contribution in [-0.2, 0) is 9.53 Å². The Hall–Kier alpha value is -1.25. The quantitative estimate of drug-likeness (QED) is 0.615. The summed E-state index contributed by atoms with van der Waals surface area (Å²) in [6.07, 6.45) is 3.72. The Morgan fingerprint density at radius 3 is 2.50 bits per heavy atom. The summed E-state index contributed by atoms with van der Waals surface area (Å²) in [5.41, 5.74) is 7.22. The van der Waals surface area contributed by atoms with Crippen molar-refractivity contribution in [3.8, 4) is 11.5 Å². The predicted molar refractivity (Wildman–Crippen MR) is 122 cm³/mol. The van der Waals surface area contributed by atoms with E-state index in [9.17, 15) is 4.79 Å². The molecule has 1 amide bonds. The highest BCUT2D eigenvalue weighted by Gasteiger charge is 2.28. The van der Waals surface area contributed by atoms with E-state index in [2.05, 4.69) is 10.2 Å². The number of halogens is 2. The summed E-state index contributed by atoms with van der Waals surface area (Å²) >= 11 is 0. The van der Waals surface area contributed by atoms with E-state index in [0.29, 0.717) is 43.6 Å². The molecule has 2 aliphatic rings. The Kier molecular flexibility index (Phi) is 11.8. The van der Waals surface area contributed by atoms with E-state index in [1.165, 1.54) is 0 Å². The highest BCUT2D eigenvalue weighted by molar-refractivity contribution is 5.85. The fraction of sp³-hybridized carbons (Fsp3) is 0.667. The molecule has 7 nitrogen and oxygen atoms in total. The Bertz CT molecular complexity index is 659. The third-order valence-corrected chi connectivity index (χ3v) is 5.94. The number of rotatable bonds is 8. The van der Waals surface area contributed by atoms with Gasteiger partial charge in [0.25, 0.3) is 0 Å². The van der Waals surface area contributed by atoms with Gasteiger partial charge in [0.2, 0.25) is 5.91 Å². The van der Waals surface area contributed by atoms with Crippen LogP contribution >= 0.6 is 24.8 Å². The van der Waals surface area contributed by atoms with Gasteiger partial charge in [0, 0.05) is 32.1 Å². The fourth-order valence-electron chi connectivity index (χ4n) is 4.25. The molecule has 3 rings (SSSR count). The number of carbonyl (C=O) groups excluding carboxylic acids is 1. The maximum absolute atomic E-state index is 12.5. The molecule has 1 unspecified atom stereocenters. The maximum atomic E-state index is 12.5. The summed E-state index contributed by atoms with van der Waals surface area (Å²) < 4.78 is 16.3. The van der Waals surface area contributed by atoms with Crippen molar-refractivity contribution in [2.75, 3.05) is 47.1 Å². The molecule has 0 aromatic heterocycles. The number of ether oxygens (including phenoxy) is 3. The molecular formula is C21H35Cl2N3O4. The van der Waals surface area contributed by atoms with Crippen LogP contribution in [0.15, 0.2) is 18.2 Å². The van der Waals surface area contributed by atoms with Gasteiger partial charge in [-0.1, -0.05) is 12.5 Å². The maximum Gasteiger partial charge on any atom is 0.220 e. The topological polar surface area (TPSA) is 86.0 Å². The number of morpholine rings is 1. The van der Waals surface area contributed by atoms with Crippen LogP contribution in [0.1, 0.15) is 37.3 Å². The molecule has 1 saturated carbocycles. The molecule has 1 aliphatic heterocycles. The highest BCUT2D eigenvalue weighted by Crippen LogP contribution is 2.32. The second-order valence-electron chi connectivity index (χ2n) is 7.64. The SMILES string of the molecule is COc1ccc(C(CNC(=O)C[C@@H]2CCC[C@H]2N)N2CCOCC2)cc1OC.Cl.Cl. The first kappa shape index (κ1) is 26.8. The van der Waals surface area contributed by atoms with Gasteiger partial charge < -0.3 is 25.3 Å². The van der Waals surface area contributed by atoms with Gasteiger partial charge in [-0.25, -0.2) is 0 Å². The molecule has 1 aromatic rings. The molecule has 3 N–H and O–H groups in total. The Morgan fingerprint density at radius 2 is 1.90 bits per heavy atom. The third kappa shape index (κ3) is 6.89. The summed E-state index contributed by atoms with van der Waals surface area (Å²) in [5, 5.41) is 3.14. The van der Waals surface area contributed by atoms with Gasteiger partial charge in [-0.3, -0.25) is 9.69 Å². The van der Waals surface area contributed by atoms with Crippen LogP contribution in [0.3, 0.4) is 0 Å². The van der Waals surface area contributed by atoms with E-state index >= 15 is 0 Å². The zero-order chi connectivity index (χ0) is 19.9. The zero-order valence-corrected chi connectivity index (χ0v) is 19.4. The van der Waals surface area contributed by atoms with E-state index in [1.807, 2.05) is 18.2 Å². The Balaban J connectivity index is 0.00000225. The van der Waals surface area contributed by atoms with Gasteiger partial charge in [-0.05, 0) is 36.5 Å². The summed E-state index contributed by atoms with van der Waals surface area (Å²) in [6, 6.07) is 6.18. The number of benzene rings is 1. The monoisotopic (exact) mass is 463 g/mol. The summed E-state index contributed by atoms with van der Waals surface area (Å²) in [5.74, 6) is 1.79. The molecule has 1 aromatic carbocycles. The second kappa shape index (κ2) is 13.2. The normalized spacial score (nSPS) is 22.4. The van der Waals surface area contributed by atoms with E-state index in [0.717, 1.165) is 37.9 Å². The molecule has 2 fully saturated rings. The van der Waals surface area contributed by atoms with E-state index in [1.54, 1.807) is 14.2 Å². The summed E-state index contributed by atoms with van der Waals surface area (Å²) in [6.45, 7) is 3.63. The van der Waals surface area contributed by atoms with Crippen molar-refractivity contribution in [2.45, 2.75) is 37.8 Å². The third-order valence-electron chi connectivity index (χ3n) is 5.94. The molecule has 1 heterocycles. The highest BCUT2D eigenvalue weighted by atomic mass is 35.5. The second-order valence-corrected chi connectivity index (χ2v) is 7.64.